The van der Waals surface area contributed by atoms with Crippen LogP contribution in [0.3, 0.4) is 0 Å². The molecule has 0 radical (unpaired) electrons. The summed E-state index contributed by atoms with van der Waals surface area (Å²) in [6.07, 6.45) is -1.04. The van der Waals surface area contributed by atoms with Crippen LogP contribution in [0.15, 0.2) is 18.3 Å². The fraction of sp³-hybridized carbons (Fsp3) is 0.400. The summed E-state index contributed by atoms with van der Waals surface area (Å²) in [4.78, 5) is 3.87. The molecule has 0 saturated carbocycles. The van der Waals surface area contributed by atoms with Crippen LogP contribution >= 0.6 is 0 Å². The van der Waals surface area contributed by atoms with Crippen molar-refractivity contribution in [1.82, 2.24) is 4.98 Å². The van der Waals surface area contributed by atoms with Gasteiger partial charge in [0.1, 0.15) is 6.10 Å². The van der Waals surface area contributed by atoms with E-state index in [1.807, 2.05) is 0 Å². The number of hydrogen-bond donors (Lipinski definition) is 3. The topological polar surface area (TPSA) is 97.4 Å². The Morgan fingerprint density at radius 1 is 1.40 bits per heavy atom. The van der Waals surface area contributed by atoms with Gasteiger partial charge in [-0.3, -0.25) is 4.98 Å². The molecule has 3 N–H and O–H groups in total. The molecule has 5 nitrogen and oxygen atoms in total. The lowest BCUT2D eigenvalue weighted by molar-refractivity contribution is 0.0190. The number of aromatic nitrogens is 1. The van der Waals surface area contributed by atoms with E-state index in [-0.39, 0.29) is 18.7 Å². The Hall–Kier alpha value is -1.48. The van der Waals surface area contributed by atoms with Crippen molar-refractivity contribution in [2.45, 2.75) is 25.2 Å². The molecule has 0 spiro atoms. The summed E-state index contributed by atoms with van der Waals surface area (Å²) < 4.78 is 0. The number of nitrogens with zero attached hydrogens (tertiary/aromatic N) is 2. The quantitative estimate of drug-likeness (QED) is 0.641. The largest absolute Gasteiger partial charge is 0.392 e. The van der Waals surface area contributed by atoms with E-state index in [0.29, 0.717) is 5.56 Å². The van der Waals surface area contributed by atoms with Gasteiger partial charge in [-0.15, -0.1) is 0 Å². The normalized spacial score (nSPS) is 14.3. The highest BCUT2D eigenvalue weighted by Crippen LogP contribution is 2.16. The number of pyridine rings is 1. The summed E-state index contributed by atoms with van der Waals surface area (Å²) in [6.45, 7) is -0.121. The average Bonchev–Trinajstić information content (AvgIpc) is 2.28. The van der Waals surface area contributed by atoms with Gasteiger partial charge in [0.2, 0.25) is 0 Å². The average molecular weight is 208 g/mol. The molecule has 0 amide bonds. The molecule has 5 heteroatoms. The molecule has 1 aromatic heterocycles. The fourth-order valence-electron chi connectivity index (χ4n) is 1.11. The van der Waals surface area contributed by atoms with Gasteiger partial charge in [-0.2, -0.15) is 5.26 Å². The van der Waals surface area contributed by atoms with Crippen LogP contribution < -0.4 is 0 Å². The molecule has 1 heterocycles. The van der Waals surface area contributed by atoms with Gasteiger partial charge >= 0.3 is 0 Å². The van der Waals surface area contributed by atoms with E-state index >= 15 is 0 Å². The summed E-state index contributed by atoms with van der Waals surface area (Å²) in [5, 5.41) is 36.0. The molecule has 1 aromatic rings. The number of nitriles is 1. The van der Waals surface area contributed by atoms with E-state index < -0.39 is 12.2 Å². The van der Waals surface area contributed by atoms with Gasteiger partial charge in [-0.25, -0.2) is 0 Å². The fourth-order valence-corrected chi connectivity index (χ4v) is 1.11. The number of rotatable bonds is 4. The van der Waals surface area contributed by atoms with Crippen molar-refractivity contribution in [2.24, 2.45) is 0 Å². The SMILES string of the molecule is N#CCC(O)C(O)c1ccc(CO)cn1. The predicted molar refractivity (Wildman–Crippen MR) is 51.4 cm³/mol. The van der Waals surface area contributed by atoms with E-state index in [4.69, 9.17) is 10.4 Å². The first-order valence-electron chi connectivity index (χ1n) is 4.47. The summed E-state index contributed by atoms with van der Waals surface area (Å²) in [5.74, 6) is 0. The molecule has 0 fully saturated rings. The van der Waals surface area contributed by atoms with Gasteiger partial charge in [-0.1, -0.05) is 6.07 Å². The van der Waals surface area contributed by atoms with Crippen LogP contribution in [-0.2, 0) is 6.61 Å². The lowest BCUT2D eigenvalue weighted by Crippen LogP contribution is -2.18. The first-order valence-corrected chi connectivity index (χ1v) is 4.47. The molecule has 2 atom stereocenters. The highest BCUT2D eigenvalue weighted by molar-refractivity contribution is 5.15. The van der Waals surface area contributed by atoms with E-state index in [1.165, 1.54) is 12.3 Å². The van der Waals surface area contributed by atoms with Crippen LogP contribution in [0, 0.1) is 11.3 Å². The minimum atomic E-state index is -1.17. The van der Waals surface area contributed by atoms with Crippen LogP contribution in [0.5, 0.6) is 0 Å². The molecule has 2 unspecified atom stereocenters. The molecule has 0 aliphatic rings. The molecule has 15 heavy (non-hydrogen) atoms. The van der Waals surface area contributed by atoms with E-state index in [2.05, 4.69) is 4.98 Å². The first-order chi connectivity index (χ1) is 7.19. The molecule has 0 aliphatic heterocycles. The molecule has 0 saturated heterocycles. The van der Waals surface area contributed by atoms with Crippen molar-refractivity contribution in [1.29, 1.82) is 5.26 Å². The monoisotopic (exact) mass is 208 g/mol. The predicted octanol–water partition coefficient (Wildman–Crippen LogP) is -0.118. The Morgan fingerprint density at radius 2 is 2.13 bits per heavy atom. The molecule has 0 bridgehead atoms. The standard InChI is InChI=1S/C10H12N2O3/c11-4-3-9(14)10(15)8-2-1-7(6-13)5-12-8/h1-2,5,9-10,13-15H,3,6H2. The number of aliphatic hydroxyl groups is 3. The summed E-state index contributed by atoms with van der Waals surface area (Å²) >= 11 is 0. The maximum Gasteiger partial charge on any atom is 0.123 e. The van der Waals surface area contributed by atoms with Crippen LogP contribution in [0.2, 0.25) is 0 Å². The molecule has 80 valence electrons. The van der Waals surface area contributed by atoms with E-state index in [9.17, 15) is 10.2 Å². The second kappa shape index (κ2) is 5.41. The number of aliphatic hydroxyl groups excluding tert-OH is 3. The van der Waals surface area contributed by atoms with Crippen molar-refractivity contribution in [2.75, 3.05) is 0 Å². The molecule has 1 rings (SSSR count). The van der Waals surface area contributed by atoms with Gasteiger partial charge in [0.15, 0.2) is 0 Å². The van der Waals surface area contributed by atoms with Gasteiger partial charge in [0, 0.05) is 6.20 Å². The summed E-state index contributed by atoms with van der Waals surface area (Å²) in [7, 11) is 0. The van der Waals surface area contributed by atoms with Gasteiger partial charge in [0.05, 0.1) is 30.9 Å². The number of hydrogen-bond acceptors (Lipinski definition) is 5. The van der Waals surface area contributed by atoms with Crippen LogP contribution in [-0.4, -0.2) is 26.4 Å². The highest BCUT2D eigenvalue weighted by atomic mass is 16.3. The van der Waals surface area contributed by atoms with Gasteiger partial charge < -0.3 is 15.3 Å². The highest BCUT2D eigenvalue weighted by Gasteiger charge is 2.18. The molecule has 0 aliphatic carbocycles. The Bertz CT molecular complexity index is 345. The van der Waals surface area contributed by atoms with Crippen LogP contribution in [0.4, 0.5) is 0 Å². The van der Waals surface area contributed by atoms with Crippen molar-refractivity contribution in [3.05, 3.63) is 29.6 Å². The van der Waals surface area contributed by atoms with Crippen molar-refractivity contribution >= 4 is 0 Å². The second-order valence-corrected chi connectivity index (χ2v) is 3.12. The lowest BCUT2D eigenvalue weighted by atomic mass is 10.1. The Kier molecular flexibility index (Phi) is 4.18. The molecular weight excluding hydrogens is 196 g/mol. The first kappa shape index (κ1) is 11.6. The minimum Gasteiger partial charge on any atom is -0.392 e. The van der Waals surface area contributed by atoms with E-state index in [1.54, 1.807) is 12.1 Å². The van der Waals surface area contributed by atoms with Crippen LogP contribution in [0.1, 0.15) is 23.8 Å². The smallest absolute Gasteiger partial charge is 0.123 e. The zero-order chi connectivity index (χ0) is 11.3. The minimum absolute atomic E-state index is 0.121. The summed E-state index contributed by atoms with van der Waals surface area (Å²) in [6, 6.07) is 4.88. The van der Waals surface area contributed by atoms with Crippen molar-refractivity contribution in [3.63, 3.8) is 0 Å². The van der Waals surface area contributed by atoms with Gasteiger partial charge in [0.25, 0.3) is 0 Å². The Labute approximate surface area is 87.3 Å². The van der Waals surface area contributed by atoms with Crippen molar-refractivity contribution < 1.29 is 15.3 Å². The third kappa shape index (κ3) is 2.99. The maximum atomic E-state index is 9.56. The zero-order valence-corrected chi connectivity index (χ0v) is 8.04. The Balaban J connectivity index is 2.74. The van der Waals surface area contributed by atoms with Crippen molar-refractivity contribution in [3.8, 4) is 6.07 Å². The second-order valence-electron chi connectivity index (χ2n) is 3.12. The Morgan fingerprint density at radius 3 is 2.60 bits per heavy atom. The zero-order valence-electron chi connectivity index (χ0n) is 8.04. The molecule has 0 aromatic carbocycles. The maximum absolute atomic E-state index is 9.56. The lowest BCUT2D eigenvalue weighted by Gasteiger charge is -2.14. The molecular formula is C10H12N2O3. The third-order valence-electron chi connectivity index (χ3n) is 2.00. The van der Waals surface area contributed by atoms with Crippen LogP contribution in [0.25, 0.3) is 0 Å². The summed E-state index contributed by atoms with van der Waals surface area (Å²) in [5.41, 5.74) is 0.913. The third-order valence-corrected chi connectivity index (χ3v) is 2.00. The van der Waals surface area contributed by atoms with E-state index in [0.717, 1.165) is 0 Å². The van der Waals surface area contributed by atoms with Gasteiger partial charge in [-0.05, 0) is 11.6 Å².